The molecule has 0 aromatic heterocycles. The average Bonchev–Trinajstić information content (AvgIpc) is 2.43. The molecular formula is C16H16FNO2. The van der Waals surface area contributed by atoms with E-state index >= 15 is 0 Å². The van der Waals surface area contributed by atoms with Crippen molar-refractivity contribution >= 4 is 11.6 Å². The second-order valence-electron chi connectivity index (χ2n) is 4.42. The lowest BCUT2D eigenvalue weighted by molar-refractivity contribution is -0.116. The number of aryl methyl sites for hydroxylation is 1. The first-order valence-electron chi connectivity index (χ1n) is 6.39. The number of amides is 1. The number of nitrogens with one attached hydrogen (secondary N) is 1. The lowest BCUT2D eigenvalue weighted by Crippen LogP contribution is -2.15. The highest BCUT2D eigenvalue weighted by Gasteiger charge is 2.06. The molecule has 0 aliphatic heterocycles. The standard InChI is InChI=1S/C16H16FNO2/c1-12-11-13(17)7-8-15(12)18-16(19)9-10-20-14-5-3-2-4-6-14/h2-8,11H,9-10H2,1H3,(H,18,19). The number of halogens is 1. The molecule has 0 saturated carbocycles. The van der Waals surface area contributed by atoms with Gasteiger partial charge in [0, 0.05) is 5.69 Å². The van der Waals surface area contributed by atoms with Gasteiger partial charge in [-0.1, -0.05) is 18.2 Å². The molecule has 20 heavy (non-hydrogen) atoms. The Morgan fingerprint density at radius 2 is 1.95 bits per heavy atom. The van der Waals surface area contributed by atoms with Crippen LogP contribution in [0.3, 0.4) is 0 Å². The molecule has 2 aromatic carbocycles. The smallest absolute Gasteiger partial charge is 0.227 e. The summed E-state index contributed by atoms with van der Waals surface area (Å²) >= 11 is 0. The van der Waals surface area contributed by atoms with Crippen molar-refractivity contribution in [3.8, 4) is 5.75 Å². The first-order valence-corrected chi connectivity index (χ1v) is 6.39. The summed E-state index contributed by atoms with van der Waals surface area (Å²) in [6, 6.07) is 13.6. The third kappa shape index (κ3) is 4.09. The van der Waals surface area contributed by atoms with Gasteiger partial charge in [-0.3, -0.25) is 4.79 Å². The van der Waals surface area contributed by atoms with Gasteiger partial charge in [-0.25, -0.2) is 4.39 Å². The van der Waals surface area contributed by atoms with Crippen LogP contribution in [0.1, 0.15) is 12.0 Å². The van der Waals surface area contributed by atoms with Crippen molar-refractivity contribution in [2.75, 3.05) is 11.9 Å². The van der Waals surface area contributed by atoms with Crippen LogP contribution in [-0.2, 0) is 4.79 Å². The van der Waals surface area contributed by atoms with E-state index < -0.39 is 0 Å². The summed E-state index contributed by atoms with van der Waals surface area (Å²) < 4.78 is 18.4. The molecule has 1 amide bonds. The van der Waals surface area contributed by atoms with Crippen molar-refractivity contribution in [1.82, 2.24) is 0 Å². The first-order chi connectivity index (χ1) is 9.65. The molecule has 0 spiro atoms. The zero-order valence-corrected chi connectivity index (χ0v) is 11.2. The van der Waals surface area contributed by atoms with Crippen LogP contribution in [0.4, 0.5) is 10.1 Å². The van der Waals surface area contributed by atoms with Crippen LogP contribution in [0.2, 0.25) is 0 Å². The summed E-state index contributed by atoms with van der Waals surface area (Å²) in [6.45, 7) is 2.05. The largest absolute Gasteiger partial charge is 0.493 e. The fourth-order valence-corrected chi connectivity index (χ4v) is 1.76. The van der Waals surface area contributed by atoms with Gasteiger partial charge in [-0.15, -0.1) is 0 Å². The van der Waals surface area contributed by atoms with Crippen molar-refractivity contribution in [2.24, 2.45) is 0 Å². The van der Waals surface area contributed by atoms with Crippen LogP contribution in [0.5, 0.6) is 5.75 Å². The molecule has 0 aliphatic rings. The zero-order valence-electron chi connectivity index (χ0n) is 11.2. The number of carbonyl (C=O) groups excluding carboxylic acids is 1. The maximum Gasteiger partial charge on any atom is 0.227 e. The Morgan fingerprint density at radius 3 is 2.65 bits per heavy atom. The van der Waals surface area contributed by atoms with E-state index in [4.69, 9.17) is 4.74 Å². The third-order valence-electron chi connectivity index (χ3n) is 2.80. The van der Waals surface area contributed by atoms with Crippen LogP contribution in [0.15, 0.2) is 48.5 Å². The summed E-state index contributed by atoms with van der Waals surface area (Å²) in [5, 5.41) is 2.74. The SMILES string of the molecule is Cc1cc(F)ccc1NC(=O)CCOc1ccccc1. The number of hydrogen-bond acceptors (Lipinski definition) is 2. The van der Waals surface area contributed by atoms with Gasteiger partial charge in [0.15, 0.2) is 0 Å². The second-order valence-corrected chi connectivity index (χ2v) is 4.42. The predicted octanol–water partition coefficient (Wildman–Crippen LogP) is 3.54. The molecule has 0 bridgehead atoms. The zero-order chi connectivity index (χ0) is 14.4. The fourth-order valence-electron chi connectivity index (χ4n) is 1.76. The van der Waals surface area contributed by atoms with E-state index in [1.165, 1.54) is 12.1 Å². The molecule has 3 nitrogen and oxygen atoms in total. The maximum absolute atomic E-state index is 12.9. The summed E-state index contributed by atoms with van der Waals surface area (Å²) in [6.07, 6.45) is 0.242. The molecule has 4 heteroatoms. The molecule has 2 aromatic rings. The van der Waals surface area contributed by atoms with Gasteiger partial charge in [0.2, 0.25) is 5.91 Å². The van der Waals surface area contributed by atoms with Crippen LogP contribution in [0, 0.1) is 12.7 Å². The number of anilines is 1. The molecule has 0 saturated heterocycles. The maximum atomic E-state index is 12.9. The Morgan fingerprint density at radius 1 is 1.20 bits per heavy atom. The quantitative estimate of drug-likeness (QED) is 0.904. The normalized spacial score (nSPS) is 10.1. The van der Waals surface area contributed by atoms with Crippen LogP contribution in [0.25, 0.3) is 0 Å². The van der Waals surface area contributed by atoms with Crippen molar-refractivity contribution in [2.45, 2.75) is 13.3 Å². The molecule has 0 heterocycles. The minimum absolute atomic E-state index is 0.157. The molecule has 0 atom stereocenters. The average molecular weight is 273 g/mol. The lowest BCUT2D eigenvalue weighted by atomic mass is 10.2. The van der Waals surface area contributed by atoms with Crippen molar-refractivity contribution in [1.29, 1.82) is 0 Å². The van der Waals surface area contributed by atoms with Gasteiger partial charge in [-0.2, -0.15) is 0 Å². The Labute approximate surface area is 117 Å². The molecular weight excluding hydrogens is 257 g/mol. The highest BCUT2D eigenvalue weighted by atomic mass is 19.1. The Kier molecular flexibility index (Phi) is 4.71. The van der Waals surface area contributed by atoms with Gasteiger partial charge < -0.3 is 10.1 Å². The molecule has 1 N–H and O–H groups in total. The van der Waals surface area contributed by atoms with E-state index in [0.29, 0.717) is 17.9 Å². The first kappa shape index (κ1) is 14.1. The van der Waals surface area contributed by atoms with Gasteiger partial charge >= 0.3 is 0 Å². The molecule has 0 radical (unpaired) electrons. The molecule has 0 unspecified atom stereocenters. The van der Waals surface area contributed by atoms with Gasteiger partial charge in [0.25, 0.3) is 0 Å². The van der Waals surface area contributed by atoms with Crippen LogP contribution < -0.4 is 10.1 Å². The molecule has 0 fully saturated rings. The number of para-hydroxylation sites is 1. The van der Waals surface area contributed by atoms with E-state index in [1.54, 1.807) is 13.0 Å². The highest BCUT2D eigenvalue weighted by molar-refractivity contribution is 5.91. The summed E-state index contributed by atoms with van der Waals surface area (Å²) in [5.74, 6) is 0.266. The lowest BCUT2D eigenvalue weighted by Gasteiger charge is -2.09. The van der Waals surface area contributed by atoms with Crippen molar-refractivity contribution in [3.05, 3.63) is 59.9 Å². The Bertz CT molecular complexity index is 584. The van der Waals surface area contributed by atoms with E-state index in [1.807, 2.05) is 30.3 Å². The van der Waals surface area contributed by atoms with E-state index in [0.717, 1.165) is 5.75 Å². The van der Waals surface area contributed by atoms with Crippen molar-refractivity contribution in [3.63, 3.8) is 0 Å². The van der Waals surface area contributed by atoms with Crippen molar-refractivity contribution < 1.29 is 13.9 Å². The number of rotatable bonds is 5. The van der Waals surface area contributed by atoms with Crippen LogP contribution >= 0.6 is 0 Å². The highest BCUT2D eigenvalue weighted by Crippen LogP contribution is 2.16. The summed E-state index contributed by atoms with van der Waals surface area (Å²) in [5.41, 5.74) is 1.32. The number of benzene rings is 2. The Balaban J connectivity index is 1.81. The van der Waals surface area contributed by atoms with E-state index in [-0.39, 0.29) is 18.1 Å². The summed E-state index contributed by atoms with van der Waals surface area (Å²) in [7, 11) is 0. The second kappa shape index (κ2) is 6.70. The molecule has 104 valence electrons. The molecule has 0 aliphatic carbocycles. The van der Waals surface area contributed by atoms with E-state index in [2.05, 4.69) is 5.32 Å². The number of ether oxygens (including phenoxy) is 1. The fraction of sp³-hybridized carbons (Fsp3) is 0.188. The number of carbonyl (C=O) groups is 1. The topological polar surface area (TPSA) is 38.3 Å². The Hall–Kier alpha value is -2.36. The molecule has 2 rings (SSSR count). The monoisotopic (exact) mass is 273 g/mol. The van der Waals surface area contributed by atoms with Crippen LogP contribution in [-0.4, -0.2) is 12.5 Å². The van der Waals surface area contributed by atoms with Gasteiger partial charge in [-0.05, 0) is 42.8 Å². The minimum atomic E-state index is -0.312. The van der Waals surface area contributed by atoms with E-state index in [9.17, 15) is 9.18 Å². The van der Waals surface area contributed by atoms with Gasteiger partial charge in [0.05, 0.1) is 13.0 Å². The number of hydrogen-bond donors (Lipinski definition) is 1. The third-order valence-corrected chi connectivity index (χ3v) is 2.80. The minimum Gasteiger partial charge on any atom is -0.493 e. The van der Waals surface area contributed by atoms with Gasteiger partial charge in [0.1, 0.15) is 11.6 Å². The predicted molar refractivity (Wildman–Crippen MR) is 76.3 cm³/mol. The summed E-state index contributed by atoms with van der Waals surface area (Å²) in [4.78, 5) is 11.8.